The van der Waals surface area contributed by atoms with Crippen molar-refractivity contribution in [3.05, 3.63) is 42.4 Å². The Labute approximate surface area is 157 Å². The lowest BCUT2D eigenvalue weighted by atomic mass is 10.1. The number of aromatic nitrogens is 3. The number of carbonyl (C=O) groups excluding carboxylic acids is 2. The predicted molar refractivity (Wildman–Crippen MR) is 104 cm³/mol. The van der Waals surface area contributed by atoms with E-state index >= 15 is 0 Å². The smallest absolute Gasteiger partial charge is 0.257 e. The SMILES string of the molecule is CCN(CC)C(=O)c1cc(-c2ccc3nc(NC(C)=O)cn3c2)cnc1N. The maximum absolute atomic E-state index is 12.7. The van der Waals surface area contributed by atoms with Gasteiger partial charge in [0.2, 0.25) is 5.91 Å². The number of pyridine rings is 2. The Kier molecular flexibility index (Phi) is 5.07. The summed E-state index contributed by atoms with van der Waals surface area (Å²) in [6.07, 6.45) is 5.24. The number of nitrogens with one attached hydrogen (secondary N) is 1. The van der Waals surface area contributed by atoms with Gasteiger partial charge in [-0.2, -0.15) is 0 Å². The van der Waals surface area contributed by atoms with Gasteiger partial charge in [-0.3, -0.25) is 9.59 Å². The van der Waals surface area contributed by atoms with E-state index in [1.807, 2.05) is 36.6 Å². The van der Waals surface area contributed by atoms with Crippen LogP contribution in [0.1, 0.15) is 31.1 Å². The van der Waals surface area contributed by atoms with Crippen LogP contribution in [0, 0.1) is 0 Å². The zero-order chi connectivity index (χ0) is 19.6. The molecular formula is C19H22N6O2. The predicted octanol–water partition coefficient (Wildman–Crippen LogP) is 2.42. The molecule has 3 N–H and O–H groups in total. The Balaban J connectivity index is 1.99. The lowest BCUT2D eigenvalue weighted by molar-refractivity contribution is -0.114. The summed E-state index contributed by atoms with van der Waals surface area (Å²) in [4.78, 5) is 34.1. The Hall–Kier alpha value is -3.42. The summed E-state index contributed by atoms with van der Waals surface area (Å²) >= 11 is 0. The Morgan fingerprint density at radius 2 is 1.93 bits per heavy atom. The van der Waals surface area contributed by atoms with E-state index in [1.54, 1.807) is 23.4 Å². The third-order valence-corrected chi connectivity index (χ3v) is 4.29. The molecule has 3 aromatic rings. The number of nitrogens with two attached hydrogens (primary N) is 1. The number of carbonyl (C=O) groups is 2. The molecule has 0 aliphatic rings. The van der Waals surface area contributed by atoms with Crippen molar-refractivity contribution >= 4 is 29.1 Å². The van der Waals surface area contributed by atoms with E-state index in [0.29, 0.717) is 30.1 Å². The number of hydrogen-bond acceptors (Lipinski definition) is 5. The number of anilines is 2. The van der Waals surface area contributed by atoms with E-state index in [2.05, 4.69) is 15.3 Å². The molecule has 3 aromatic heterocycles. The largest absolute Gasteiger partial charge is 0.383 e. The lowest BCUT2D eigenvalue weighted by Crippen LogP contribution is -2.31. The van der Waals surface area contributed by atoms with Crippen LogP contribution in [0.5, 0.6) is 0 Å². The molecule has 0 radical (unpaired) electrons. The lowest BCUT2D eigenvalue weighted by Gasteiger charge is -2.19. The zero-order valence-electron chi connectivity index (χ0n) is 15.6. The van der Waals surface area contributed by atoms with Crippen molar-refractivity contribution in [2.45, 2.75) is 20.8 Å². The molecule has 0 unspecified atom stereocenters. The first-order valence-electron chi connectivity index (χ1n) is 8.74. The van der Waals surface area contributed by atoms with E-state index in [4.69, 9.17) is 5.73 Å². The first-order valence-corrected chi connectivity index (χ1v) is 8.74. The number of imidazole rings is 1. The second kappa shape index (κ2) is 7.45. The first-order chi connectivity index (χ1) is 12.9. The molecule has 0 spiro atoms. The molecule has 140 valence electrons. The van der Waals surface area contributed by atoms with Crippen molar-refractivity contribution in [2.75, 3.05) is 24.1 Å². The summed E-state index contributed by atoms with van der Waals surface area (Å²) in [5.74, 6) is 0.379. The molecule has 3 rings (SSSR count). The van der Waals surface area contributed by atoms with Crippen LogP contribution in [0.4, 0.5) is 11.6 Å². The average molecular weight is 366 g/mol. The van der Waals surface area contributed by atoms with Gasteiger partial charge in [-0.05, 0) is 32.0 Å². The van der Waals surface area contributed by atoms with Gasteiger partial charge in [0.1, 0.15) is 11.5 Å². The molecule has 27 heavy (non-hydrogen) atoms. The molecule has 0 bridgehead atoms. The zero-order valence-corrected chi connectivity index (χ0v) is 15.6. The molecule has 3 heterocycles. The highest BCUT2D eigenvalue weighted by atomic mass is 16.2. The number of hydrogen-bond donors (Lipinski definition) is 2. The monoisotopic (exact) mass is 366 g/mol. The molecule has 0 atom stereocenters. The number of fused-ring (bicyclic) bond motifs is 1. The van der Waals surface area contributed by atoms with Crippen LogP contribution in [0.2, 0.25) is 0 Å². The summed E-state index contributed by atoms with van der Waals surface area (Å²) < 4.78 is 1.81. The topological polar surface area (TPSA) is 106 Å². The summed E-state index contributed by atoms with van der Waals surface area (Å²) in [6.45, 7) is 6.49. The van der Waals surface area contributed by atoms with Gasteiger partial charge < -0.3 is 20.4 Å². The van der Waals surface area contributed by atoms with E-state index in [-0.39, 0.29) is 17.6 Å². The van der Waals surface area contributed by atoms with Gasteiger partial charge >= 0.3 is 0 Å². The molecule has 0 aromatic carbocycles. The summed E-state index contributed by atoms with van der Waals surface area (Å²) in [7, 11) is 0. The Bertz CT molecular complexity index is 1010. The van der Waals surface area contributed by atoms with Crippen molar-refractivity contribution in [1.29, 1.82) is 0 Å². The highest BCUT2D eigenvalue weighted by Crippen LogP contribution is 2.24. The normalized spacial score (nSPS) is 10.8. The van der Waals surface area contributed by atoms with Crippen LogP contribution in [-0.2, 0) is 4.79 Å². The fourth-order valence-electron chi connectivity index (χ4n) is 2.89. The average Bonchev–Trinajstić information content (AvgIpc) is 3.03. The van der Waals surface area contributed by atoms with Crippen LogP contribution in [0.25, 0.3) is 16.8 Å². The van der Waals surface area contributed by atoms with Gasteiger partial charge in [0.15, 0.2) is 5.82 Å². The minimum absolute atomic E-state index is 0.136. The third kappa shape index (κ3) is 3.74. The molecule has 8 heteroatoms. The standard InChI is InChI=1S/C19H22N6O2/c1-4-24(5-2)19(27)15-8-14(9-21-18(15)20)13-6-7-17-23-16(22-12(3)26)11-25(17)10-13/h6-11H,4-5H2,1-3H3,(H2,20,21)(H,22,26). The van der Waals surface area contributed by atoms with Gasteiger partial charge in [0.25, 0.3) is 5.91 Å². The van der Waals surface area contributed by atoms with Gasteiger partial charge in [-0.25, -0.2) is 9.97 Å². The van der Waals surface area contributed by atoms with E-state index in [1.165, 1.54) is 6.92 Å². The van der Waals surface area contributed by atoms with Crippen molar-refractivity contribution in [1.82, 2.24) is 19.3 Å². The van der Waals surface area contributed by atoms with Gasteiger partial charge in [0, 0.05) is 43.5 Å². The van der Waals surface area contributed by atoms with E-state index in [0.717, 1.165) is 11.1 Å². The van der Waals surface area contributed by atoms with Crippen LogP contribution in [0.3, 0.4) is 0 Å². The van der Waals surface area contributed by atoms with Gasteiger partial charge in [-0.15, -0.1) is 0 Å². The second-order valence-corrected chi connectivity index (χ2v) is 6.12. The fourth-order valence-corrected chi connectivity index (χ4v) is 2.89. The van der Waals surface area contributed by atoms with Crippen molar-refractivity contribution in [3.8, 4) is 11.1 Å². The second-order valence-electron chi connectivity index (χ2n) is 6.12. The van der Waals surface area contributed by atoms with Crippen molar-refractivity contribution in [3.63, 3.8) is 0 Å². The van der Waals surface area contributed by atoms with Crippen LogP contribution < -0.4 is 11.1 Å². The Morgan fingerprint density at radius 1 is 1.19 bits per heavy atom. The number of nitrogen functional groups attached to an aromatic ring is 1. The van der Waals surface area contributed by atoms with Gasteiger partial charge in [-0.1, -0.05) is 0 Å². The van der Waals surface area contributed by atoms with Crippen LogP contribution in [-0.4, -0.2) is 44.2 Å². The van der Waals surface area contributed by atoms with Gasteiger partial charge in [0.05, 0.1) is 11.8 Å². The molecular weight excluding hydrogens is 344 g/mol. The fraction of sp³-hybridized carbons (Fsp3) is 0.263. The summed E-state index contributed by atoms with van der Waals surface area (Å²) in [6, 6.07) is 5.48. The highest BCUT2D eigenvalue weighted by molar-refractivity contribution is 5.99. The molecule has 0 aliphatic heterocycles. The molecule has 8 nitrogen and oxygen atoms in total. The number of amides is 2. The molecule has 0 aliphatic carbocycles. The van der Waals surface area contributed by atoms with Crippen LogP contribution >= 0.6 is 0 Å². The van der Waals surface area contributed by atoms with Crippen molar-refractivity contribution in [2.24, 2.45) is 0 Å². The summed E-state index contributed by atoms with van der Waals surface area (Å²) in [5, 5.41) is 2.66. The molecule has 0 fully saturated rings. The van der Waals surface area contributed by atoms with E-state index < -0.39 is 0 Å². The van der Waals surface area contributed by atoms with Crippen LogP contribution in [0.15, 0.2) is 36.8 Å². The maximum atomic E-state index is 12.7. The maximum Gasteiger partial charge on any atom is 0.257 e. The highest BCUT2D eigenvalue weighted by Gasteiger charge is 2.17. The number of nitrogens with zero attached hydrogens (tertiary/aromatic N) is 4. The first kappa shape index (κ1) is 18.4. The minimum Gasteiger partial charge on any atom is -0.383 e. The molecule has 2 amide bonds. The Morgan fingerprint density at radius 3 is 2.59 bits per heavy atom. The summed E-state index contributed by atoms with van der Waals surface area (Å²) in [5.41, 5.74) is 8.66. The quantitative estimate of drug-likeness (QED) is 0.721. The van der Waals surface area contributed by atoms with Crippen molar-refractivity contribution < 1.29 is 9.59 Å². The molecule has 0 saturated heterocycles. The third-order valence-electron chi connectivity index (χ3n) is 4.29. The number of rotatable bonds is 5. The molecule has 0 saturated carbocycles. The minimum atomic E-state index is -0.180. The van der Waals surface area contributed by atoms with E-state index in [9.17, 15) is 9.59 Å².